The van der Waals surface area contributed by atoms with Crippen LogP contribution in [0.15, 0.2) is 29.2 Å². The minimum absolute atomic E-state index is 0.0171. The van der Waals surface area contributed by atoms with E-state index in [1.54, 1.807) is 38.5 Å². The molecule has 2 rings (SSSR count). The van der Waals surface area contributed by atoms with Crippen LogP contribution in [0.25, 0.3) is 0 Å². The van der Waals surface area contributed by atoms with Gasteiger partial charge in [0.05, 0.1) is 23.7 Å². The lowest BCUT2D eigenvalue weighted by Crippen LogP contribution is -2.24. The van der Waals surface area contributed by atoms with Crippen molar-refractivity contribution in [1.29, 1.82) is 0 Å². The summed E-state index contributed by atoms with van der Waals surface area (Å²) in [6, 6.07) is 6.60. The molecule has 1 aliphatic carbocycles. The molecule has 0 spiro atoms. The third-order valence-corrected chi connectivity index (χ3v) is 5.47. The Morgan fingerprint density at radius 2 is 1.72 bits per heavy atom. The molecule has 0 bridgehead atoms. The molecule has 0 N–H and O–H groups in total. The van der Waals surface area contributed by atoms with E-state index in [9.17, 15) is 8.42 Å². The summed E-state index contributed by atoms with van der Waals surface area (Å²) in [5.74, 6) is 0.0171. The smallest absolute Gasteiger partial charge is 0.297 e. The van der Waals surface area contributed by atoms with E-state index in [0.29, 0.717) is 19.4 Å². The number of hydrogen-bond donors (Lipinski definition) is 0. The Kier molecular flexibility index (Phi) is 7.80. The van der Waals surface area contributed by atoms with E-state index >= 15 is 0 Å². The first kappa shape index (κ1) is 20.3. The van der Waals surface area contributed by atoms with Gasteiger partial charge in [0.1, 0.15) is 13.6 Å². The van der Waals surface area contributed by atoms with Gasteiger partial charge in [-0.2, -0.15) is 8.42 Å². The highest BCUT2D eigenvalue weighted by Crippen LogP contribution is 2.33. The molecule has 0 aliphatic heterocycles. The third kappa shape index (κ3) is 6.02. The second-order valence-electron chi connectivity index (χ2n) is 6.11. The SMILES string of the molecule is COCOC[C@H]1C[C@H](OS(=O)(=O)c2ccc(C)cc2)C[C@@H]1OCOC. The molecule has 0 aromatic heterocycles. The second-order valence-corrected chi connectivity index (χ2v) is 7.68. The van der Waals surface area contributed by atoms with Crippen LogP contribution in [-0.4, -0.2) is 55.0 Å². The van der Waals surface area contributed by atoms with Crippen LogP contribution >= 0.6 is 0 Å². The standard InChI is InChI=1S/C17H26O7S/c1-13-4-6-16(7-5-13)25(18,19)24-15-8-14(10-22-11-20-2)17(9-15)23-12-21-3/h4-7,14-15,17H,8-12H2,1-3H3/t14-,15+,17+/m1/s1. The Labute approximate surface area is 149 Å². The summed E-state index contributed by atoms with van der Waals surface area (Å²) in [7, 11) is -0.713. The summed E-state index contributed by atoms with van der Waals surface area (Å²) >= 11 is 0. The van der Waals surface area contributed by atoms with Crippen LogP contribution in [0.5, 0.6) is 0 Å². The van der Waals surface area contributed by atoms with Crippen LogP contribution in [0.4, 0.5) is 0 Å². The Balaban J connectivity index is 1.99. The highest BCUT2D eigenvalue weighted by Gasteiger charge is 2.38. The van der Waals surface area contributed by atoms with E-state index in [1.807, 2.05) is 6.92 Å². The molecule has 1 saturated carbocycles. The first-order valence-electron chi connectivity index (χ1n) is 8.13. The van der Waals surface area contributed by atoms with Crippen molar-refractivity contribution in [3.63, 3.8) is 0 Å². The summed E-state index contributed by atoms with van der Waals surface area (Å²) in [4.78, 5) is 0.159. The Bertz CT molecular complexity index is 614. The van der Waals surface area contributed by atoms with Gasteiger partial charge in [-0.05, 0) is 25.5 Å². The number of benzene rings is 1. The average molecular weight is 374 g/mol. The van der Waals surface area contributed by atoms with Gasteiger partial charge in [0, 0.05) is 26.6 Å². The first-order chi connectivity index (χ1) is 12.0. The van der Waals surface area contributed by atoms with Crippen LogP contribution < -0.4 is 0 Å². The molecule has 0 amide bonds. The van der Waals surface area contributed by atoms with Gasteiger partial charge in [-0.3, -0.25) is 4.18 Å². The minimum atomic E-state index is -3.81. The molecular formula is C17H26O7S. The van der Waals surface area contributed by atoms with Crippen LogP contribution in [0.1, 0.15) is 18.4 Å². The molecular weight excluding hydrogens is 348 g/mol. The van der Waals surface area contributed by atoms with Crippen LogP contribution in [0, 0.1) is 12.8 Å². The number of aryl methyl sites for hydroxylation is 1. The Morgan fingerprint density at radius 3 is 2.36 bits per heavy atom. The van der Waals surface area contributed by atoms with Crippen molar-refractivity contribution in [3.8, 4) is 0 Å². The zero-order chi connectivity index (χ0) is 18.3. The van der Waals surface area contributed by atoms with Crippen molar-refractivity contribution in [2.75, 3.05) is 34.4 Å². The van der Waals surface area contributed by atoms with E-state index < -0.39 is 16.2 Å². The van der Waals surface area contributed by atoms with Crippen LogP contribution in [0.2, 0.25) is 0 Å². The normalized spacial score (nSPS) is 23.9. The van der Waals surface area contributed by atoms with Crippen LogP contribution in [-0.2, 0) is 33.2 Å². The number of rotatable bonds is 10. The van der Waals surface area contributed by atoms with Gasteiger partial charge in [0.25, 0.3) is 10.1 Å². The molecule has 3 atom stereocenters. The maximum Gasteiger partial charge on any atom is 0.297 e. The van der Waals surface area contributed by atoms with E-state index in [1.165, 1.54) is 0 Å². The van der Waals surface area contributed by atoms with Gasteiger partial charge in [-0.25, -0.2) is 0 Å². The molecule has 142 valence electrons. The number of methoxy groups -OCH3 is 2. The molecule has 25 heavy (non-hydrogen) atoms. The molecule has 1 aromatic rings. The number of hydrogen-bond acceptors (Lipinski definition) is 7. The zero-order valence-electron chi connectivity index (χ0n) is 14.8. The lowest BCUT2D eigenvalue weighted by atomic mass is 10.1. The summed E-state index contributed by atoms with van der Waals surface area (Å²) in [5.41, 5.74) is 0.989. The summed E-state index contributed by atoms with van der Waals surface area (Å²) in [5, 5.41) is 0. The molecule has 1 fully saturated rings. The summed E-state index contributed by atoms with van der Waals surface area (Å²) in [6.45, 7) is 2.63. The largest absolute Gasteiger partial charge is 0.359 e. The van der Waals surface area contributed by atoms with Crippen molar-refractivity contribution < 1.29 is 31.5 Å². The Morgan fingerprint density at radius 1 is 1.04 bits per heavy atom. The fourth-order valence-corrected chi connectivity index (χ4v) is 3.97. The summed E-state index contributed by atoms with van der Waals surface area (Å²) in [6.07, 6.45) is 0.359. The molecule has 1 aliphatic rings. The predicted molar refractivity (Wildman–Crippen MR) is 90.5 cm³/mol. The molecule has 8 heteroatoms. The van der Waals surface area contributed by atoms with Gasteiger partial charge in [0.15, 0.2) is 0 Å². The third-order valence-electron chi connectivity index (χ3n) is 4.09. The van der Waals surface area contributed by atoms with Crippen molar-refractivity contribution >= 4 is 10.1 Å². The van der Waals surface area contributed by atoms with Gasteiger partial charge >= 0.3 is 0 Å². The van der Waals surface area contributed by atoms with E-state index in [4.69, 9.17) is 23.1 Å². The van der Waals surface area contributed by atoms with E-state index in [2.05, 4.69) is 0 Å². The highest BCUT2D eigenvalue weighted by atomic mass is 32.2. The maximum absolute atomic E-state index is 12.4. The van der Waals surface area contributed by atoms with Gasteiger partial charge in [-0.15, -0.1) is 0 Å². The van der Waals surface area contributed by atoms with Gasteiger partial charge in [-0.1, -0.05) is 17.7 Å². The minimum Gasteiger partial charge on any atom is -0.359 e. The van der Waals surface area contributed by atoms with E-state index in [-0.39, 0.29) is 30.5 Å². The first-order valence-corrected chi connectivity index (χ1v) is 9.54. The number of ether oxygens (including phenoxy) is 4. The van der Waals surface area contributed by atoms with E-state index in [0.717, 1.165) is 5.56 Å². The fourth-order valence-electron chi connectivity index (χ4n) is 2.87. The maximum atomic E-state index is 12.4. The van der Waals surface area contributed by atoms with Gasteiger partial charge in [0.2, 0.25) is 0 Å². The quantitative estimate of drug-likeness (QED) is 0.352. The molecule has 0 unspecified atom stereocenters. The second kappa shape index (κ2) is 9.61. The molecule has 0 radical (unpaired) electrons. The summed E-state index contributed by atoms with van der Waals surface area (Å²) < 4.78 is 51.2. The van der Waals surface area contributed by atoms with Gasteiger partial charge < -0.3 is 18.9 Å². The molecule has 0 heterocycles. The predicted octanol–water partition coefficient (Wildman–Crippen LogP) is 2.09. The lowest BCUT2D eigenvalue weighted by Gasteiger charge is -2.19. The average Bonchev–Trinajstić information content (AvgIpc) is 2.94. The van der Waals surface area contributed by atoms with Crippen molar-refractivity contribution in [2.24, 2.45) is 5.92 Å². The van der Waals surface area contributed by atoms with Crippen molar-refractivity contribution in [1.82, 2.24) is 0 Å². The molecule has 0 saturated heterocycles. The highest BCUT2D eigenvalue weighted by molar-refractivity contribution is 7.86. The molecule has 1 aromatic carbocycles. The van der Waals surface area contributed by atoms with Crippen LogP contribution in [0.3, 0.4) is 0 Å². The molecule has 7 nitrogen and oxygen atoms in total. The zero-order valence-corrected chi connectivity index (χ0v) is 15.7. The van der Waals surface area contributed by atoms with Crippen molar-refractivity contribution in [2.45, 2.75) is 36.9 Å². The monoisotopic (exact) mass is 374 g/mol. The fraction of sp³-hybridized carbons (Fsp3) is 0.647. The van der Waals surface area contributed by atoms with Crippen molar-refractivity contribution in [3.05, 3.63) is 29.8 Å². The Hall–Kier alpha value is -1.03. The lowest BCUT2D eigenvalue weighted by molar-refractivity contribution is -0.106. The topological polar surface area (TPSA) is 80.3 Å².